The zero-order chi connectivity index (χ0) is 18.7. The molecule has 0 amide bonds. The number of nitrogens with zero attached hydrogens (tertiary/aromatic N) is 2. The first kappa shape index (κ1) is 19.3. The fraction of sp³-hybridized carbons (Fsp3) is 0.348. The van der Waals surface area contributed by atoms with Gasteiger partial charge in [-0.15, -0.1) is 0 Å². The van der Waals surface area contributed by atoms with Crippen LogP contribution in [0.15, 0.2) is 67.0 Å². The molecule has 1 aromatic heterocycles. The first-order valence-corrected chi connectivity index (χ1v) is 9.63. The zero-order valence-corrected chi connectivity index (χ0v) is 16.0. The summed E-state index contributed by atoms with van der Waals surface area (Å²) in [6, 6.07) is 20.9. The van der Waals surface area contributed by atoms with Gasteiger partial charge in [0.25, 0.3) is 0 Å². The highest BCUT2D eigenvalue weighted by Gasteiger charge is 2.14. The Morgan fingerprint density at radius 2 is 1.48 bits per heavy atom. The molecule has 0 bridgehead atoms. The fourth-order valence-corrected chi connectivity index (χ4v) is 3.17. The van der Waals surface area contributed by atoms with E-state index in [4.69, 9.17) is 14.5 Å². The summed E-state index contributed by atoms with van der Waals surface area (Å²) in [5.41, 5.74) is 4.60. The minimum Gasteiger partial charge on any atom is -0.382 e. The van der Waals surface area contributed by atoms with Gasteiger partial charge in [-0.2, -0.15) is 0 Å². The second kappa shape index (κ2) is 10.7. The summed E-state index contributed by atoms with van der Waals surface area (Å²) in [7, 11) is 1.70. The van der Waals surface area contributed by atoms with Gasteiger partial charge < -0.3 is 14.0 Å². The van der Waals surface area contributed by atoms with Crippen molar-refractivity contribution in [1.29, 1.82) is 0 Å². The summed E-state index contributed by atoms with van der Waals surface area (Å²) < 4.78 is 12.8. The highest BCUT2D eigenvalue weighted by molar-refractivity contribution is 5.78. The number of hydrogen-bond acceptors (Lipinski definition) is 3. The molecular formula is C23H28N2O2. The van der Waals surface area contributed by atoms with Gasteiger partial charge in [0.1, 0.15) is 0 Å². The van der Waals surface area contributed by atoms with Crippen LogP contribution in [-0.4, -0.2) is 36.5 Å². The maximum atomic E-state index is 5.54. The van der Waals surface area contributed by atoms with Crippen molar-refractivity contribution >= 4 is 0 Å². The van der Waals surface area contributed by atoms with Crippen LogP contribution in [0.3, 0.4) is 0 Å². The first-order chi connectivity index (χ1) is 13.4. The number of ether oxygens (including phenoxy) is 2. The van der Waals surface area contributed by atoms with Crippen molar-refractivity contribution in [3.8, 4) is 22.5 Å². The molecule has 0 saturated heterocycles. The molecule has 0 aliphatic rings. The monoisotopic (exact) mass is 364 g/mol. The first-order valence-electron chi connectivity index (χ1n) is 9.63. The van der Waals surface area contributed by atoms with E-state index in [1.165, 1.54) is 11.3 Å². The Labute approximate surface area is 161 Å². The van der Waals surface area contributed by atoms with E-state index < -0.39 is 0 Å². The number of aryl methyl sites for hydroxylation is 1. The predicted octanol–water partition coefficient (Wildman–Crippen LogP) is 5.05. The molecule has 142 valence electrons. The van der Waals surface area contributed by atoms with Gasteiger partial charge in [-0.05, 0) is 19.3 Å². The Morgan fingerprint density at radius 1 is 0.778 bits per heavy atom. The average molecular weight is 364 g/mol. The van der Waals surface area contributed by atoms with E-state index in [0.29, 0.717) is 13.2 Å². The maximum absolute atomic E-state index is 5.54. The Bertz CT molecular complexity index is 785. The van der Waals surface area contributed by atoms with E-state index in [2.05, 4.69) is 59.2 Å². The molecule has 27 heavy (non-hydrogen) atoms. The average Bonchev–Trinajstić information content (AvgIpc) is 3.15. The summed E-state index contributed by atoms with van der Waals surface area (Å²) >= 11 is 0. The predicted molar refractivity (Wildman–Crippen MR) is 110 cm³/mol. The van der Waals surface area contributed by atoms with Crippen LogP contribution in [-0.2, 0) is 16.0 Å². The van der Waals surface area contributed by atoms with Crippen molar-refractivity contribution in [2.75, 3.05) is 26.9 Å². The van der Waals surface area contributed by atoms with Crippen LogP contribution in [0.5, 0.6) is 0 Å². The lowest BCUT2D eigenvalue weighted by Crippen LogP contribution is -2.04. The molecular weight excluding hydrogens is 336 g/mol. The van der Waals surface area contributed by atoms with Crippen LogP contribution < -0.4 is 0 Å². The number of benzene rings is 2. The summed E-state index contributed by atoms with van der Waals surface area (Å²) in [5, 5.41) is 0. The zero-order valence-electron chi connectivity index (χ0n) is 16.0. The maximum Gasteiger partial charge on any atom is 0.0963 e. The highest BCUT2D eigenvalue weighted by atomic mass is 16.5. The lowest BCUT2D eigenvalue weighted by molar-refractivity contribution is 0.0685. The molecule has 1 heterocycles. The van der Waals surface area contributed by atoms with E-state index in [1.807, 2.05) is 12.4 Å². The molecule has 0 radical (unpaired) electrons. The molecule has 2 aromatic carbocycles. The minimum atomic E-state index is 0.664. The van der Waals surface area contributed by atoms with Crippen LogP contribution in [0.2, 0.25) is 0 Å². The lowest BCUT2D eigenvalue weighted by atomic mass is 10.0. The second-order valence-corrected chi connectivity index (χ2v) is 6.53. The Balaban J connectivity index is 1.66. The molecule has 0 N–H and O–H groups in total. The third-order valence-corrected chi connectivity index (χ3v) is 4.55. The highest BCUT2D eigenvalue weighted by Crippen LogP contribution is 2.31. The minimum absolute atomic E-state index is 0.664. The topological polar surface area (TPSA) is 36.3 Å². The van der Waals surface area contributed by atoms with Gasteiger partial charge in [0, 0.05) is 31.4 Å². The summed E-state index contributed by atoms with van der Waals surface area (Å²) in [6.45, 7) is 3.10. The van der Waals surface area contributed by atoms with Gasteiger partial charge >= 0.3 is 0 Å². The van der Waals surface area contributed by atoms with Crippen molar-refractivity contribution in [3.05, 3.63) is 67.0 Å². The van der Waals surface area contributed by atoms with Gasteiger partial charge in [0.05, 0.1) is 30.9 Å². The van der Waals surface area contributed by atoms with Crippen molar-refractivity contribution in [1.82, 2.24) is 9.55 Å². The number of rotatable bonds is 11. The molecule has 0 aliphatic heterocycles. The molecule has 4 heteroatoms. The third kappa shape index (κ3) is 5.52. The van der Waals surface area contributed by atoms with E-state index >= 15 is 0 Å². The number of methoxy groups -OCH3 is 1. The normalized spacial score (nSPS) is 11.0. The number of aromatic nitrogens is 2. The van der Waals surface area contributed by atoms with Crippen LogP contribution in [0.4, 0.5) is 0 Å². The van der Waals surface area contributed by atoms with Crippen LogP contribution in [0.1, 0.15) is 19.3 Å². The van der Waals surface area contributed by atoms with Gasteiger partial charge in [0.15, 0.2) is 0 Å². The number of unbranched alkanes of at least 4 members (excludes halogenated alkanes) is 2. The third-order valence-electron chi connectivity index (χ3n) is 4.55. The second-order valence-electron chi connectivity index (χ2n) is 6.53. The SMILES string of the molecule is COCCOCCCCCn1cnc(-c2ccccc2)c1-c1ccccc1. The van der Waals surface area contributed by atoms with E-state index in [-0.39, 0.29) is 0 Å². The van der Waals surface area contributed by atoms with Gasteiger partial charge in [-0.25, -0.2) is 4.98 Å². The smallest absolute Gasteiger partial charge is 0.0963 e. The fourth-order valence-electron chi connectivity index (χ4n) is 3.17. The molecule has 0 spiro atoms. The van der Waals surface area contributed by atoms with Gasteiger partial charge in [0.2, 0.25) is 0 Å². The standard InChI is InChI=1S/C23H28N2O2/c1-26-17-18-27-16-10-4-9-15-25-19-24-22(20-11-5-2-6-12-20)23(25)21-13-7-3-8-14-21/h2-3,5-8,11-14,19H,4,9-10,15-18H2,1H3. The molecule has 0 unspecified atom stereocenters. The van der Waals surface area contributed by atoms with Crippen molar-refractivity contribution in [2.45, 2.75) is 25.8 Å². The summed E-state index contributed by atoms with van der Waals surface area (Å²) in [6.07, 6.45) is 5.29. The van der Waals surface area contributed by atoms with E-state index in [9.17, 15) is 0 Å². The molecule has 4 nitrogen and oxygen atoms in total. The van der Waals surface area contributed by atoms with Crippen LogP contribution >= 0.6 is 0 Å². The Hall–Kier alpha value is -2.43. The quantitative estimate of drug-likeness (QED) is 0.447. The van der Waals surface area contributed by atoms with Crippen LogP contribution in [0, 0.1) is 0 Å². The molecule has 0 fully saturated rings. The molecule has 3 aromatic rings. The van der Waals surface area contributed by atoms with Crippen molar-refractivity contribution in [3.63, 3.8) is 0 Å². The summed E-state index contributed by atoms with van der Waals surface area (Å²) in [5.74, 6) is 0. The number of imidazole rings is 1. The van der Waals surface area contributed by atoms with Gasteiger partial charge in [-0.3, -0.25) is 0 Å². The molecule has 0 atom stereocenters. The van der Waals surface area contributed by atoms with Crippen LogP contribution in [0.25, 0.3) is 22.5 Å². The van der Waals surface area contributed by atoms with E-state index in [1.54, 1.807) is 7.11 Å². The Kier molecular flexibility index (Phi) is 7.63. The molecule has 0 saturated carbocycles. The molecule has 3 rings (SSSR count). The van der Waals surface area contributed by atoms with Crippen molar-refractivity contribution in [2.24, 2.45) is 0 Å². The largest absolute Gasteiger partial charge is 0.382 e. The van der Waals surface area contributed by atoms with Gasteiger partial charge in [-0.1, -0.05) is 60.7 Å². The Morgan fingerprint density at radius 3 is 2.19 bits per heavy atom. The molecule has 0 aliphatic carbocycles. The van der Waals surface area contributed by atoms with E-state index in [0.717, 1.165) is 43.7 Å². The number of hydrogen-bond donors (Lipinski definition) is 0. The summed E-state index contributed by atoms with van der Waals surface area (Å²) in [4.78, 5) is 4.74. The lowest BCUT2D eigenvalue weighted by Gasteiger charge is -2.11. The van der Waals surface area contributed by atoms with Crippen molar-refractivity contribution < 1.29 is 9.47 Å².